The summed E-state index contributed by atoms with van der Waals surface area (Å²) in [5.41, 5.74) is 1.75. The summed E-state index contributed by atoms with van der Waals surface area (Å²) >= 11 is 0. The molecule has 0 radical (unpaired) electrons. The summed E-state index contributed by atoms with van der Waals surface area (Å²) < 4.78 is 11.4. The molecule has 1 atom stereocenters. The summed E-state index contributed by atoms with van der Waals surface area (Å²) in [7, 11) is 0. The first-order chi connectivity index (χ1) is 13.8. The highest BCUT2D eigenvalue weighted by atomic mass is 16.6. The predicted octanol–water partition coefficient (Wildman–Crippen LogP) is 7.92. The van der Waals surface area contributed by atoms with Crippen LogP contribution in [-0.4, -0.2) is 18.2 Å². The second-order valence-corrected chi connectivity index (χ2v) is 11.5. The lowest BCUT2D eigenvalue weighted by atomic mass is 9.78. The van der Waals surface area contributed by atoms with E-state index in [1.54, 1.807) is 0 Å². The Morgan fingerprint density at radius 1 is 0.967 bits per heavy atom. The fourth-order valence-electron chi connectivity index (χ4n) is 3.49. The van der Waals surface area contributed by atoms with Crippen molar-refractivity contribution in [1.82, 2.24) is 0 Å². The number of carbonyl (C=O) groups excluding carboxylic acids is 1. The lowest BCUT2D eigenvalue weighted by Crippen LogP contribution is -2.38. The number of hydrogen-bond donors (Lipinski definition) is 0. The van der Waals surface area contributed by atoms with Crippen molar-refractivity contribution in [3.05, 3.63) is 29.8 Å². The van der Waals surface area contributed by atoms with Crippen LogP contribution in [0.15, 0.2) is 24.3 Å². The van der Waals surface area contributed by atoms with Crippen LogP contribution in [0.2, 0.25) is 0 Å². The molecule has 0 aliphatic heterocycles. The van der Waals surface area contributed by atoms with E-state index in [1.165, 1.54) is 12.0 Å². The molecule has 1 aromatic carbocycles. The zero-order valence-corrected chi connectivity index (χ0v) is 21.1. The molecule has 1 fully saturated rings. The van der Waals surface area contributed by atoms with Gasteiger partial charge in [-0.15, -0.1) is 0 Å². The fraction of sp³-hybridized carbons (Fsp3) is 0.741. The van der Waals surface area contributed by atoms with Crippen molar-refractivity contribution >= 4 is 5.97 Å². The van der Waals surface area contributed by atoms with Crippen LogP contribution in [0, 0.1) is 10.8 Å². The van der Waals surface area contributed by atoms with E-state index < -0.39 is 0 Å². The number of rotatable bonds is 6. The van der Waals surface area contributed by atoms with Gasteiger partial charge in [0.25, 0.3) is 0 Å². The van der Waals surface area contributed by atoms with Gasteiger partial charge in [0.2, 0.25) is 0 Å². The van der Waals surface area contributed by atoms with Crippen molar-refractivity contribution in [1.29, 1.82) is 0 Å². The Kier molecular flexibility index (Phi) is 9.91. The van der Waals surface area contributed by atoms with Crippen LogP contribution >= 0.6 is 0 Å². The lowest BCUT2D eigenvalue weighted by molar-refractivity contribution is -0.166. The molecule has 3 heteroatoms. The summed E-state index contributed by atoms with van der Waals surface area (Å²) in [5, 5.41) is 0. The molecular weight excluding hydrogens is 372 g/mol. The van der Waals surface area contributed by atoms with E-state index in [9.17, 15) is 4.79 Å². The van der Waals surface area contributed by atoms with Gasteiger partial charge in [-0.05, 0) is 66.5 Å². The Hall–Kier alpha value is -1.51. The minimum atomic E-state index is -0.259. The lowest BCUT2D eigenvalue weighted by Gasteiger charge is -2.35. The van der Waals surface area contributed by atoms with E-state index in [1.807, 2.05) is 12.1 Å². The van der Waals surface area contributed by atoms with Crippen molar-refractivity contribution in [3.63, 3.8) is 0 Å². The van der Waals surface area contributed by atoms with Gasteiger partial charge in [0.05, 0.1) is 0 Å². The van der Waals surface area contributed by atoms with Gasteiger partial charge in [0.1, 0.15) is 11.4 Å². The standard InChI is InChI=1S/C22H34O3.C5H12/c1-6-22(14-8-7-9-15-22)25-20(23)16-24-19-12-10-18(11-13-19)17(2)21(3,4)5;1-5(2,3)4/h10-13,17H,6-9,14-16H2,1-5H3;1-4H3. The summed E-state index contributed by atoms with van der Waals surface area (Å²) in [6.45, 7) is 19.8. The highest BCUT2D eigenvalue weighted by Gasteiger charge is 2.34. The molecule has 0 spiro atoms. The fourth-order valence-corrected chi connectivity index (χ4v) is 3.49. The third kappa shape index (κ3) is 10.00. The first-order valence-electron chi connectivity index (χ1n) is 11.7. The number of ether oxygens (including phenoxy) is 2. The predicted molar refractivity (Wildman–Crippen MR) is 127 cm³/mol. The smallest absolute Gasteiger partial charge is 0.344 e. The molecule has 0 bridgehead atoms. The van der Waals surface area contributed by atoms with Crippen LogP contribution in [0.25, 0.3) is 0 Å². The molecule has 30 heavy (non-hydrogen) atoms. The maximum absolute atomic E-state index is 12.2. The molecule has 1 unspecified atom stereocenters. The molecule has 1 aromatic rings. The summed E-state index contributed by atoms with van der Waals surface area (Å²) in [4.78, 5) is 12.2. The summed E-state index contributed by atoms with van der Waals surface area (Å²) in [5.74, 6) is 0.925. The molecular formula is C27H46O3. The van der Waals surface area contributed by atoms with Gasteiger partial charge < -0.3 is 9.47 Å². The molecule has 3 nitrogen and oxygen atoms in total. The quantitative estimate of drug-likeness (QED) is 0.440. The number of hydrogen-bond acceptors (Lipinski definition) is 3. The largest absolute Gasteiger partial charge is 0.482 e. The average Bonchev–Trinajstić information content (AvgIpc) is 2.65. The van der Waals surface area contributed by atoms with Crippen molar-refractivity contribution in [3.8, 4) is 5.75 Å². The maximum Gasteiger partial charge on any atom is 0.344 e. The topological polar surface area (TPSA) is 35.5 Å². The zero-order valence-electron chi connectivity index (χ0n) is 21.1. The van der Waals surface area contributed by atoms with Crippen LogP contribution in [0.1, 0.15) is 112 Å². The number of carbonyl (C=O) groups is 1. The first kappa shape index (κ1) is 26.5. The van der Waals surface area contributed by atoms with Gasteiger partial charge in [-0.3, -0.25) is 0 Å². The summed E-state index contributed by atoms with van der Waals surface area (Å²) in [6, 6.07) is 8.07. The van der Waals surface area contributed by atoms with Crippen LogP contribution in [0.4, 0.5) is 0 Å². The van der Waals surface area contributed by atoms with Gasteiger partial charge in [-0.1, -0.05) is 80.9 Å². The Morgan fingerprint density at radius 3 is 1.90 bits per heavy atom. The Bertz CT molecular complexity index is 620. The third-order valence-electron chi connectivity index (χ3n) is 5.78. The average molecular weight is 419 g/mol. The molecule has 0 saturated heterocycles. The molecule has 0 heterocycles. The van der Waals surface area contributed by atoms with Gasteiger partial charge in [-0.25, -0.2) is 4.79 Å². The van der Waals surface area contributed by atoms with Crippen molar-refractivity contribution in [2.45, 2.75) is 112 Å². The van der Waals surface area contributed by atoms with Gasteiger partial charge >= 0.3 is 5.97 Å². The van der Waals surface area contributed by atoms with E-state index in [-0.39, 0.29) is 23.6 Å². The third-order valence-corrected chi connectivity index (χ3v) is 5.78. The molecule has 1 saturated carbocycles. The summed E-state index contributed by atoms with van der Waals surface area (Å²) in [6.07, 6.45) is 6.39. The normalized spacial score (nSPS) is 17.4. The SMILES string of the molecule is CC(C)(C)C.CCC1(OC(=O)COc2ccc(C(C)C(C)(C)C)cc2)CCCCC1. The van der Waals surface area contributed by atoms with E-state index in [0.717, 1.165) is 37.9 Å². The van der Waals surface area contributed by atoms with Crippen molar-refractivity contribution < 1.29 is 14.3 Å². The van der Waals surface area contributed by atoms with Crippen molar-refractivity contribution in [2.75, 3.05) is 6.61 Å². The Labute approximate surface area is 185 Å². The van der Waals surface area contributed by atoms with Gasteiger partial charge in [0, 0.05) is 0 Å². The highest BCUT2D eigenvalue weighted by Crippen LogP contribution is 2.35. The van der Waals surface area contributed by atoms with Crippen LogP contribution in [0.5, 0.6) is 5.75 Å². The van der Waals surface area contributed by atoms with Crippen LogP contribution in [0.3, 0.4) is 0 Å². The maximum atomic E-state index is 12.2. The minimum Gasteiger partial charge on any atom is -0.482 e. The number of benzene rings is 1. The monoisotopic (exact) mass is 418 g/mol. The molecule has 0 N–H and O–H groups in total. The van der Waals surface area contributed by atoms with E-state index in [0.29, 0.717) is 11.3 Å². The second kappa shape index (κ2) is 11.2. The highest BCUT2D eigenvalue weighted by molar-refractivity contribution is 5.71. The molecule has 0 amide bonds. The second-order valence-electron chi connectivity index (χ2n) is 11.5. The van der Waals surface area contributed by atoms with Crippen LogP contribution < -0.4 is 4.74 Å². The molecule has 0 aromatic heterocycles. The molecule has 2 rings (SSSR count). The van der Waals surface area contributed by atoms with Gasteiger partial charge in [-0.2, -0.15) is 0 Å². The Balaban J connectivity index is 0.000000804. The Morgan fingerprint density at radius 2 is 1.47 bits per heavy atom. The van der Waals surface area contributed by atoms with Crippen LogP contribution in [-0.2, 0) is 9.53 Å². The van der Waals surface area contributed by atoms with E-state index >= 15 is 0 Å². The van der Waals surface area contributed by atoms with E-state index in [4.69, 9.17) is 9.47 Å². The molecule has 1 aliphatic carbocycles. The van der Waals surface area contributed by atoms with E-state index in [2.05, 4.69) is 74.4 Å². The van der Waals surface area contributed by atoms with Gasteiger partial charge in [0.15, 0.2) is 6.61 Å². The first-order valence-corrected chi connectivity index (χ1v) is 11.7. The zero-order chi connectivity index (χ0) is 23.0. The minimum absolute atomic E-state index is 0.0179. The number of esters is 1. The van der Waals surface area contributed by atoms with Crippen molar-refractivity contribution in [2.24, 2.45) is 10.8 Å². The molecule has 172 valence electrons. The molecule has 1 aliphatic rings.